The number of amides is 1. The second kappa shape index (κ2) is 6.85. The largest absolute Gasteiger partial charge is 0.444 e. The van der Waals surface area contributed by atoms with Crippen LogP contribution < -0.4 is 11.1 Å². The molecule has 1 aromatic carbocycles. The van der Waals surface area contributed by atoms with E-state index < -0.39 is 24.0 Å². The summed E-state index contributed by atoms with van der Waals surface area (Å²) in [5.41, 5.74) is 0.557. The van der Waals surface area contributed by atoms with Gasteiger partial charge in [0.05, 0.1) is 10.7 Å². The molecule has 0 aliphatic carbocycles. The summed E-state index contributed by atoms with van der Waals surface area (Å²) in [6, 6.07) is 5.66. The zero-order valence-electron chi connectivity index (χ0n) is 12.7. The van der Waals surface area contributed by atoms with E-state index in [1.165, 1.54) is 13.0 Å². The van der Waals surface area contributed by atoms with Gasteiger partial charge in [0.15, 0.2) is 10.4 Å². The van der Waals surface area contributed by atoms with Crippen LogP contribution in [0.4, 0.5) is 10.1 Å². The Morgan fingerprint density at radius 3 is 2.84 bits per heavy atom. The predicted molar refractivity (Wildman–Crippen MR) is 90.9 cm³/mol. The number of aryl methyl sites for hydroxylation is 1. The number of furan rings is 1. The SMILES string of the molecule is Cc1cc(NC(=O)Cn2nc(-c3ccc(Br)o3)oc2=O)c(Cl)cc1F. The Kier molecular flexibility index (Phi) is 4.78. The number of halogens is 3. The maximum absolute atomic E-state index is 13.4. The van der Waals surface area contributed by atoms with Gasteiger partial charge in [0.2, 0.25) is 5.91 Å². The van der Waals surface area contributed by atoms with Gasteiger partial charge < -0.3 is 14.2 Å². The summed E-state index contributed by atoms with van der Waals surface area (Å²) >= 11 is 9.02. The first kappa shape index (κ1) is 17.4. The van der Waals surface area contributed by atoms with Gasteiger partial charge in [-0.05, 0) is 52.7 Å². The molecule has 2 heterocycles. The predicted octanol–water partition coefficient (Wildman–Crippen LogP) is 3.60. The molecule has 0 saturated heterocycles. The van der Waals surface area contributed by atoms with Gasteiger partial charge in [0, 0.05) is 0 Å². The molecule has 1 amide bonds. The minimum absolute atomic E-state index is 0.0464. The van der Waals surface area contributed by atoms with E-state index in [0.29, 0.717) is 10.2 Å². The van der Waals surface area contributed by atoms with Gasteiger partial charge in [-0.2, -0.15) is 4.68 Å². The standard InChI is InChI=1S/C15H10BrClFN3O4/c1-7-4-10(8(17)5-9(7)18)19-13(22)6-21-15(23)25-14(20-21)11-2-3-12(16)24-11/h2-5H,6H2,1H3,(H,19,22). The highest BCUT2D eigenvalue weighted by Gasteiger charge is 2.16. The summed E-state index contributed by atoms with van der Waals surface area (Å²) in [6.45, 7) is 1.13. The van der Waals surface area contributed by atoms with E-state index in [-0.39, 0.29) is 22.4 Å². The summed E-state index contributed by atoms with van der Waals surface area (Å²) < 4.78 is 24.9. The monoisotopic (exact) mass is 429 g/mol. The van der Waals surface area contributed by atoms with Crippen LogP contribution in [0, 0.1) is 12.7 Å². The summed E-state index contributed by atoms with van der Waals surface area (Å²) in [6.07, 6.45) is 0. The third kappa shape index (κ3) is 3.83. The third-order valence-corrected chi connectivity index (χ3v) is 3.94. The van der Waals surface area contributed by atoms with Crippen molar-refractivity contribution >= 4 is 39.1 Å². The van der Waals surface area contributed by atoms with Crippen LogP contribution in [0.2, 0.25) is 5.02 Å². The summed E-state index contributed by atoms with van der Waals surface area (Å²) in [5.74, 6) is -1.70. The number of carbonyl (C=O) groups is 1. The average molecular weight is 431 g/mol. The normalized spacial score (nSPS) is 10.9. The lowest BCUT2D eigenvalue weighted by molar-refractivity contribution is -0.117. The number of nitrogens with one attached hydrogen (secondary N) is 1. The number of nitrogens with zero attached hydrogens (tertiary/aromatic N) is 2. The fraction of sp³-hybridized carbons (Fsp3) is 0.133. The van der Waals surface area contributed by atoms with Crippen molar-refractivity contribution in [1.29, 1.82) is 0 Å². The van der Waals surface area contributed by atoms with Crippen LogP contribution in [0.1, 0.15) is 5.56 Å². The lowest BCUT2D eigenvalue weighted by atomic mass is 10.2. The molecule has 10 heteroatoms. The molecule has 2 aromatic heterocycles. The molecule has 1 N–H and O–H groups in total. The van der Waals surface area contributed by atoms with Gasteiger partial charge in [-0.15, -0.1) is 5.10 Å². The van der Waals surface area contributed by atoms with Crippen LogP contribution >= 0.6 is 27.5 Å². The molecule has 0 aliphatic rings. The summed E-state index contributed by atoms with van der Waals surface area (Å²) in [4.78, 5) is 23.9. The van der Waals surface area contributed by atoms with E-state index in [2.05, 4.69) is 26.3 Å². The Morgan fingerprint density at radius 2 is 2.16 bits per heavy atom. The van der Waals surface area contributed by atoms with Gasteiger partial charge in [0.25, 0.3) is 5.89 Å². The van der Waals surface area contributed by atoms with Gasteiger partial charge in [-0.1, -0.05) is 11.6 Å². The van der Waals surface area contributed by atoms with Gasteiger partial charge in [0.1, 0.15) is 12.4 Å². The first-order valence-corrected chi connectivity index (χ1v) is 8.10. The van der Waals surface area contributed by atoms with Gasteiger partial charge >= 0.3 is 5.76 Å². The molecule has 0 bridgehead atoms. The molecule has 0 unspecified atom stereocenters. The van der Waals surface area contributed by atoms with E-state index in [1.807, 2.05) is 0 Å². The second-order valence-electron chi connectivity index (χ2n) is 5.06. The molecule has 0 atom stereocenters. The number of hydrogen-bond donors (Lipinski definition) is 1. The van der Waals surface area contributed by atoms with E-state index >= 15 is 0 Å². The number of hydrogen-bond acceptors (Lipinski definition) is 5. The minimum Gasteiger partial charge on any atom is -0.444 e. The van der Waals surface area contributed by atoms with Crippen molar-refractivity contribution in [3.8, 4) is 11.7 Å². The Morgan fingerprint density at radius 1 is 1.40 bits per heavy atom. The van der Waals surface area contributed by atoms with Crippen LogP contribution in [0.3, 0.4) is 0 Å². The molecule has 0 aliphatic heterocycles. The Balaban J connectivity index is 1.77. The third-order valence-electron chi connectivity index (χ3n) is 3.21. The number of carbonyl (C=O) groups excluding carboxylic acids is 1. The van der Waals surface area contributed by atoms with E-state index in [0.717, 1.165) is 10.7 Å². The number of aromatic nitrogens is 2. The maximum Gasteiger partial charge on any atom is 0.437 e. The summed E-state index contributed by atoms with van der Waals surface area (Å²) in [7, 11) is 0. The van der Waals surface area contributed by atoms with E-state index in [9.17, 15) is 14.0 Å². The molecule has 3 aromatic rings. The van der Waals surface area contributed by atoms with Crippen molar-refractivity contribution in [2.75, 3.05) is 5.32 Å². The molecule has 3 rings (SSSR count). The molecule has 0 radical (unpaired) electrons. The number of rotatable bonds is 4. The molecule has 7 nitrogen and oxygen atoms in total. The number of benzene rings is 1. The highest BCUT2D eigenvalue weighted by atomic mass is 79.9. The van der Waals surface area contributed by atoms with Crippen LogP contribution in [0.15, 0.2) is 42.6 Å². The smallest absolute Gasteiger partial charge is 0.437 e. The van der Waals surface area contributed by atoms with Gasteiger partial charge in [-0.3, -0.25) is 4.79 Å². The molecule has 25 heavy (non-hydrogen) atoms. The van der Waals surface area contributed by atoms with Crippen molar-refractivity contribution in [2.24, 2.45) is 0 Å². The Hall–Kier alpha value is -2.39. The van der Waals surface area contributed by atoms with Crippen LogP contribution in [-0.4, -0.2) is 15.7 Å². The first-order valence-electron chi connectivity index (χ1n) is 6.92. The van der Waals surface area contributed by atoms with E-state index in [4.69, 9.17) is 20.4 Å². The Bertz CT molecular complexity index is 1010. The highest BCUT2D eigenvalue weighted by Crippen LogP contribution is 2.25. The highest BCUT2D eigenvalue weighted by molar-refractivity contribution is 9.10. The van der Waals surface area contributed by atoms with Crippen molar-refractivity contribution in [1.82, 2.24) is 9.78 Å². The van der Waals surface area contributed by atoms with Crippen molar-refractivity contribution in [2.45, 2.75) is 13.5 Å². The Labute approximate surface area is 153 Å². The average Bonchev–Trinajstić information content (AvgIpc) is 3.11. The zero-order chi connectivity index (χ0) is 18.1. The summed E-state index contributed by atoms with van der Waals surface area (Å²) in [5, 5.41) is 6.44. The fourth-order valence-corrected chi connectivity index (χ4v) is 2.52. The maximum atomic E-state index is 13.4. The quantitative estimate of drug-likeness (QED) is 0.683. The van der Waals surface area contributed by atoms with Crippen molar-refractivity contribution < 1.29 is 18.0 Å². The molecule has 0 fully saturated rings. The molecule has 0 saturated carbocycles. The van der Waals surface area contributed by atoms with Crippen LogP contribution in [0.25, 0.3) is 11.7 Å². The van der Waals surface area contributed by atoms with Crippen molar-refractivity contribution in [3.05, 3.63) is 55.9 Å². The second-order valence-corrected chi connectivity index (χ2v) is 6.25. The molecule has 0 spiro atoms. The van der Waals surface area contributed by atoms with Crippen LogP contribution in [0.5, 0.6) is 0 Å². The van der Waals surface area contributed by atoms with Gasteiger partial charge in [-0.25, -0.2) is 9.18 Å². The van der Waals surface area contributed by atoms with Crippen LogP contribution in [-0.2, 0) is 11.3 Å². The van der Waals surface area contributed by atoms with E-state index in [1.54, 1.807) is 12.1 Å². The number of anilines is 1. The molecular weight excluding hydrogens is 421 g/mol. The van der Waals surface area contributed by atoms with Crippen molar-refractivity contribution in [3.63, 3.8) is 0 Å². The lowest BCUT2D eigenvalue weighted by Crippen LogP contribution is -2.26. The molecule has 130 valence electrons. The molecular formula is C15H10BrClFN3O4. The first-order chi connectivity index (χ1) is 11.8. The topological polar surface area (TPSA) is 90.3 Å². The lowest BCUT2D eigenvalue weighted by Gasteiger charge is -2.08. The zero-order valence-corrected chi connectivity index (χ0v) is 15.0. The fourth-order valence-electron chi connectivity index (χ4n) is 2.01. The minimum atomic E-state index is -0.820.